The van der Waals surface area contributed by atoms with Gasteiger partial charge >= 0.3 is 0 Å². The highest BCUT2D eigenvalue weighted by molar-refractivity contribution is 5.85. The lowest BCUT2D eigenvalue weighted by Gasteiger charge is -2.21. The first-order valence-electron chi connectivity index (χ1n) is 7.49. The Bertz CT molecular complexity index is 569. The van der Waals surface area contributed by atoms with E-state index < -0.39 is 0 Å². The Labute approximate surface area is 133 Å². The number of nitrogens with one attached hydrogen (secondary N) is 1. The molecule has 1 aliphatic rings. The van der Waals surface area contributed by atoms with Crippen molar-refractivity contribution in [1.82, 2.24) is 5.32 Å². The van der Waals surface area contributed by atoms with Gasteiger partial charge in [0.15, 0.2) is 0 Å². The fourth-order valence-corrected chi connectivity index (χ4v) is 2.84. The summed E-state index contributed by atoms with van der Waals surface area (Å²) < 4.78 is 0. The number of rotatable bonds is 4. The van der Waals surface area contributed by atoms with Crippen LogP contribution in [0.2, 0.25) is 0 Å². The lowest BCUT2D eigenvalue weighted by atomic mass is 9.94. The molecule has 3 rings (SSSR count). The standard InChI is InChI=1S/C19H21N.ClH/c1-2-3-14-20-19-17-10-6-4-8-15(17)12-13-16-9-5-7-11-18(16)19;/h4-13,19-20H,2-3,14H2,1H3;1H. The summed E-state index contributed by atoms with van der Waals surface area (Å²) in [6, 6.07) is 17.7. The molecule has 0 spiro atoms. The highest BCUT2D eigenvalue weighted by atomic mass is 35.5. The zero-order valence-electron chi connectivity index (χ0n) is 12.4. The van der Waals surface area contributed by atoms with E-state index in [1.54, 1.807) is 0 Å². The first kappa shape index (κ1) is 15.8. The van der Waals surface area contributed by atoms with E-state index in [9.17, 15) is 0 Å². The molecule has 0 amide bonds. The summed E-state index contributed by atoms with van der Waals surface area (Å²) in [6.07, 6.45) is 6.90. The van der Waals surface area contributed by atoms with E-state index in [4.69, 9.17) is 0 Å². The molecule has 0 fully saturated rings. The molecule has 1 nitrogen and oxygen atoms in total. The maximum Gasteiger partial charge on any atom is 0.0588 e. The molecule has 1 N–H and O–H groups in total. The van der Waals surface area contributed by atoms with Crippen molar-refractivity contribution in [2.45, 2.75) is 25.8 Å². The molecule has 0 saturated heterocycles. The molecular formula is C19H22ClN. The van der Waals surface area contributed by atoms with E-state index in [-0.39, 0.29) is 12.4 Å². The summed E-state index contributed by atoms with van der Waals surface area (Å²) in [5, 5.41) is 3.73. The number of hydrogen-bond acceptors (Lipinski definition) is 1. The Morgan fingerprint density at radius 2 is 1.38 bits per heavy atom. The van der Waals surface area contributed by atoms with Crippen LogP contribution in [0.3, 0.4) is 0 Å². The predicted octanol–water partition coefficient (Wildman–Crippen LogP) is 5.07. The van der Waals surface area contributed by atoms with Crippen LogP contribution < -0.4 is 5.32 Å². The fourth-order valence-electron chi connectivity index (χ4n) is 2.84. The summed E-state index contributed by atoms with van der Waals surface area (Å²) in [6.45, 7) is 3.29. The van der Waals surface area contributed by atoms with Crippen molar-refractivity contribution in [1.29, 1.82) is 0 Å². The molecule has 0 bridgehead atoms. The summed E-state index contributed by atoms with van der Waals surface area (Å²) in [5.74, 6) is 0. The van der Waals surface area contributed by atoms with Crippen LogP contribution >= 0.6 is 12.4 Å². The van der Waals surface area contributed by atoms with Crippen LogP contribution in [0.1, 0.15) is 48.1 Å². The summed E-state index contributed by atoms with van der Waals surface area (Å²) in [5.41, 5.74) is 5.39. The summed E-state index contributed by atoms with van der Waals surface area (Å²) >= 11 is 0. The van der Waals surface area contributed by atoms with E-state index in [1.807, 2.05) is 0 Å². The minimum atomic E-state index is 0. The van der Waals surface area contributed by atoms with Crippen LogP contribution in [0.25, 0.3) is 12.2 Å². The Kier molecular flexibility index (Phi) is 5.60. The third-order valence-corrected chi connectivity index (χ3v) is 3.94. The Morgan fingerprint density at radius 1 is 0.857 bits per heavy atom. The maximum atomic E-state index is 3.73. The van der Waals surface area contributed by atoms with Gasteiger partial charge in [-0.1, -0.05) is 74.0 Å². The van der Waals surface area contributed by atoms with Crippen molar-refractivity contribution < 1.29 is 0 Å². The zero-order chi connectivity index (χ0) is 13.8. The van der Waals surface area contributed by atoms with Crippen LogP contribution in [0, 0.1) is 0 Å². The number of hydrogen-bond donors (Lipinski definition) is 1. The van der Waals surface area contributed by atoms with E-state index in [1.165, 1.54) is 35.1 Å². The fraction of sp³-hybridized carbons (Fsp3) is 0.263. The Morgan fingerprint density at radius 3 is 1.90 bits per heavy atom. The van der Waals surface area contributed by atoms with Gasteiger partial charge in [-0.2, -0.15) is 0 Å². The minimum Gasteiger partial charge on any atom is -0.306 e. The minimum absolute atomic E-state index is 0. The van der Waals surface area contributed by atoms with E-state index in [0.29, 0.717) is 6.04 Å². The molecule has 0 aromatic heterocycles. The second-order valence-electron chi connectivity index (χ2n) is 5.33. The highest BCUT2D eigenvalue weighted by Crippen LogP contribution is 2.32. The highest BCUT2D eigenvalue weighted by Gasteiger charge is 2.19. The molecule has 2 heteroatoms. The largest absolute Gasteiger partial charge is 0.306 e. The van der Waals surface area contributed by atoms with E-state index in [0.717, 1.165) is 6.54 Å². The Hall–Kier alpha value is -1.57. The van der Waals surface area contributed by atoms with Crippen LogP contribution in [-0.4, -0.2) is 6.54 Å². The predicted molar refractivity (Wildman–Crippen MR) is 93.8 cm³/mol. The summed E-state index contributed by atoms with van der Waals surface area (Å²) in [4.78, 5) is 0. The molecule has 2 aromatic carbocycles. The zero-order valence-corrected chi connectivity index (χ0v) is 13.2. The van der Waals surface area contributed by atoms with Crippen LogP contribution in [0.15, 0.2) is 48.5 Å². The third-order valence-electron chi connectivity index (χ3n) is 3.94. The van der Waals surface area contributed by atoms with E-state index in [2.05, 4.69) is 72.9 Å². The number of fused-ring (bicyclic) bond motifs is 2. The molecule has 21 heavy (non-hydrogen) atoms. The molecule has 0 saturated carbocycles. The second kappa shape index (κ2) is 7.44. The van der Waals surface area contributed by atoms with Crippen molar-refractivity contribution >= 4 is 24.6 Å². The van der Waals surface area contributed by atoms with Crippen molar-refractivity contribution in [2.75, 3.05) is 6.54 Å². The van der Waals surface area contributed by atoms with Crippen molar-refractivity contribution in [2.24, 2.45) is 0 Å². The first-order chi connectivity index (χ1) is 9.90. The quantitative estimate of drug-likeness (QED) is 0.777. The van der Waals surface area contributed by atoms with E-state index >= 15 is 0 Å². The van der Waals surface area contributed by atoms with Crippen molar-refractivity contribution in [3.63, 3.8) is 0 Å². The maximum absolute atomic E-state index is 3.73. The second-order valence-corrected chi connectivity index (χ2v) is 5.33. The molecule has 0 atom stereocenters. The molecule has 2 aromatic rings. The van der Waals surface area contributed by atoms with Gasteiger partial charge in [-0.15, -0.1) is 12.4 Å². The lowest BCUT2D eigenvalue weighted by molar-refractivity contribution is 0.578. The van der Waals surface area contributed by atoms with Gasteiger partial charge in [-0.25, -0.2) is 0 Å². The number of halogens is 1. The van der Waals surface area contributed by atoms with Gasteiger partial charge in [0.1, 0.15) is 0 Å². The lowest BCUT2D eigenvalue weighted by Crippen LogP contribution is -2.24. The van der Waals surface area contributed by atoms with Gasteiger partial charge in [0.2, 0.25) is 0 Å². The smallest absolute Gasteiger partial charge is 0.0588 e. The van der Waals surface area contributed by atoms with Gasteiger partial charge in [0, 0.05) is 0 Å². The van der Waals surface area contributed by atoms with Crippen LogP contribution in [0.5, 0.6) is 0 Å². The van der Waals surface area contributed by atoms with Crippen LogP contribution in [0.4, 0.5) is 0 Å². The topological polar surface area (TPSA) is 12.0 Å². The van der Waals surface area contributed by atoms with Gasteiger partial charge in [-0.3, -0.25) is 0 Å². The van der Waals surface area contributed by atoms with Gasteiger partial charge in [0.25, 0.3) is 0 Å². The monoisotopic (exact) mass is 299 g/mol. The molecular weight excluding hydrogens is 278 g/mol. The number of benzene rings is 2. The molecule has 0 aliphatic heterocycles. The first-order valence-corrected chi connectivity index (χ1v) is 7.49. The average Bonchev–Trinajstić information content (AvgIpc) is 2.66. The SMILES string of the molecule is CCCCNC1c2ccccc2C=Cc2ccccc21.Cl. The van der Waals surface area contributed by atoms with Gasteiger partial charge in [0.05, 0.1) is 6.04 Å². The third kappa shape index (κ3) is 3.37. The molecule has 0 heterocycles. The molecule has 0 radical (unpaired) electrons. The van der Waals surface area contributed by atoms with Crippen LogP contribution in [-0.2, 0) is 0 Å². The molecule has 0 unspecified atom stereocenters. The van der Waals surface area contributed by atoms with Crippen molar-refractivity contribution in [3.8, 4) is 0 Å². The van der Waals surface area contributed by atoms with Gasteiger partial charge < -0.3 is 5.32 Å². The van der Waals surface area contributed by atoms with Gasteiger partial charge in [-0.05, 0) is 35.2 Å². The average molecular weight is 300 g/mol. The summed E-state index contributed by atoms with van der Waals surface area (Å²) in [7, 11) is 0. The number of unbranched alkanes of at least 4 members (excludes halogenated alkanes) is 1. The Balaban J connectivity index is 0.00000161. The molecule has 110 valence electrons. The molecule has 1 aliphatic carbocycles. The normalized spacial score (nSPS) is 13.0. The van der Waals surface area contributed by atoms with Crippen molar-refractivity contribution in [3.05, 3.63) is 70.8 Å².